The number of thioether (sulfide) groups is 1. The number of carboxylic acids is 1. The first kappa shape index (κ1) is 24.3. The van der Waals surface area contributed by atoms with Crippen molar-refractivity contribution in [3.8, 4) is 5.75 Å². The zero-order valence-corrected chi connectivity index (χ0v) is 21.0. The van der Waals surface area contributed by atoms with Crippen LogP contribution in [0.4, 0.5) is 0 Å². The summed E-state index contributed by atoms with van der Waals surface area (Å²) in [6.07, 6.45) is 7.30. The maximum atomic E-state index is 13.3. The van der Waals surface area contributed by atoms with Crippen LogP contribution >= 0.6 is 11.8 Å². The Labute approximate surface area is 210 Å². The molecule has 0 radical (unpaired) electrons. The summed E-state index contributed by atoms with van der Waals surface area (Å²) in [5.74, 6) is 1.86. The Morgan fingerprint density at radius 1 is 1.06 bits per heavy atom. The van der Waals surface area contributed by atoms with Crippen molar-refractivity contribution in [3.63, 3.8) is 0 Å². The van der Waals surface area contributed by atoms with Crippen LogP contribution in [-0.2, 0) is 14.9 Å². The smallest absolute Gasteiger partial charge is 0.336 e. The fourth-order valence-electron chi connectivity index (χ4n) is 6.90. The van der Waals surface area contributed by atoms with Gasteiger partial charge in [0.15, 0.2) is 0 Å². The minimum Gasteiger partial charge on any atom is -0.478 e. The summed E-state index contributed by atoms with van der Waals surface area (Å²) in [5, 5.41) is 9.34. The van der Waals surface area contributed by atoms with E-state index in [1.165, 1.54) is 25.3 Å². The van der Waals surface area contributed by atoms with Crippen molar-refractivity contribution >= 4 is 22.8 Å². The SMILES string of the molecule is CCOC(OC)Oc1ccc(C(=O)Sc2ccccc2C(=O)O)cc1C12CC3CC(CC(C3)C1)C2. The summed E-state index contributed by atoms with van der Waals surface area (Å²) < 4.78 is 17.2. The maximum Gasteiger partial charge on any atom is 0.336 e. The molecule has 6 rings (SSSR count). The number of hydrogen-bond donors (Lipinski definition) is 1. The van der Waals surface area contributed by atoms with Crippen LogP contribution in [0.3, 0.4) is 0 Å². The molecule has 2 aromatic rings. The molecule has 4 bridgehead atoms. The molecule has 6 nitrogen and oxygen atoms in total. The summed E-state index contributed by atoms with van der Waals surface area (Å²) in [6.45, 7) is 1.54. The molecule has 0 heterocycles. The van der Waals surface area contributed by atoms with Gasteiger partial charge in [0, 0.05) is 23.1 Å². The van der Waals surface area contributed by atoms with E-state index in [0.29, 0.717) is 22.8 Å². The van der Waals surface area contributed by atoms with Crippen LogP contribution in [0.1, 0.15) is 71.7 Å². The average Bonchev–Trinajstić information content (AvgIpc) is 2.83. The monoisotopic (exact) mass is 496 g/mol. The number of carbonyl (C=O) groups is 2. The fourth-order valence-corrected chi connectivity index (χ4v) is 7.75. The second kappa shape index (κ2) is 9.96. The highest BCUT2D eigenvalue weighted by molar-refractivity contribution is 8.14. The van der Waals surface area contributed by atoms with Gasteiger partial charge < -0.3 is 19.3 Å². The van der Waals surface area contributed by atoms with E-state index in [0.717, 1.165) is 54.3 Å². The standard InChI is InChI=1S/C28H32O6S/c1-3-33-27(32-2)34-23-9-8-20(26(31)35-24-7-5-4-6-21(24)25(29)30)13-22(23)28-14-17-10-18(15-28)12-19(11-17)16-28/h4-9,13,17-19,27H,3,10-12,14-16H2,1-2H3,(H,29,30). The number of rotatable bonds is 9. The molecule has 4 saturated carbocycles. The predicted molar refractivity (Wildman–Crippen MR) is 133 cm³/mol. The van der Waals surface area contributed by atoms with Gasteiger partial charge in [-0.2, -0.15) is 0 Å². The second-order valence-corrected chi connectivity index (χ2v) is 11.2. The Morgan fingerprint density at radius 3 is 2.31 bits per heavy atom. The van der Waals surface area contributed by atoms with Crippen molar-refractivity contribution in [1.82, 2.24) is 0 Å². The Hall–Kier alpha value is -2.35. The molecule has 4 aliphatic rings. The lowest BCUT2D eigenvalue weighted by atomic mass is 9.48. The van der Waals surface area contributed by atoms with Gasteiger partial charge in [-0.15, -0.1) is 0 Å². The molecule has 4 fully saturated rings. The van der Waals surface area contributed by atoms with Crippen molar-refractivity contribution in [2.24, 2.45) is 17.8 Å². The van der Waals surface area contributed by atoms with Gasteiger partial charge in [-0.05, 0) is 111 Å². The van der Waals surface area contributed by atoms with Crippen LogP contribution in [0.5, 0.6) is 5.75 Å². The van der Waals surface area contributed by atoms with E-state index in [4.69, 9.17) is 14.2 Å². The van der Waals surface area contributed by atoms with Crippen molar-refractivity contribution < 1.29 is 28.9 Å². The minimum absolute atomic E-state index is 0.00544. The molecule has 0 amide bonds. The lowest BCUT2D eigenvalue weighted by Gasteiger charge is -2.57. The second-order valence-electron chi connectivity index (χ2n) is 10.2. The molecule has 0 spiro atoms. The van der Waals surface area contributed by atoms with Crippen LogP contribution in [0.15, 0.2) is 47.4 Å². The molecule has 0 aliphatic heterocycles. The summed E-state index contributed by atoms with van der Waals surface area (Å²) in [5.41, 5.74) is 1.75. The first-order chi connectivity index (χ1) is 16.9. The highest BCUT2D eigenvalue weighted by Crippen LogP contribution is 2.62. The van der Waals surface area contributed by atoms with Gasteiger partial charge in [0.1, 0.15) is 5.75 Å². The summed E-state index contributed by atoms with van der Waals surface area (Å²) >= 11 is 0.960. The Morgan fingerprint density at radius 2 is 1.71 bits per heavy atom. The zero-order chi connectivity index (χ0) is 24.6. The normalized spacial score (nSPS) is 27.5. The Balaban J connectivity index is 1.50. The van der Waals surface area contributed by atoms with Gasteiger partial charge in [-0.1, -0.05) is 12.1 Å². The number of ether oxygens (including phenoxy) is 3. The predicted octanol–water partition coefficient (Wildman–Crippen LogP) is 6.13. The molecule has 4 aliphatic carbocycles. The molecule has 0 aromatic heterocycles. The average molecular weight is 497 g/mol. The van der Waals surface area contributed by atoms with Gasteiger partial charge in [-0.3, -0.25) is 4.79 Å². The number of aromatic carboxylic acids is 1. The molecular weight excluding hydrogens is 464 g/mol. The molecule has 186 valence electrons. The Kier molecular flexibility index (Phi) is 6.93. The quantitative estimate of drug-likeness (QED) is 0.330. The lowest BCUT2D eigenvalue weighted by molar-refractivity contribution is -0.231. The first-order valence-electron chi connectivity index (χ1n) is 12.4. The summed E-state index contributed by atoms with van der Waals surface area (Å²) in [7, 11) is 1.55. The maximum absolute atomic E-state index is 13.3. The van der Waals surface area contributed by atoms with Crippen molar-refractivity contribution in [3.05, 3.63) is 59.2 Å². The molecule has 7 heteroatoms. The largest absolute Gasteiger partial charge is 0.478 e. The van der Waals surface area contributed by atoms with Gasteiger partial charge in [-0.25, -0.2) is 4.79 Å². The van der Waals surface area contributed by atoms with E-state index in [9.17, 15) is 14.7 Å². The fraction of sp³-hybridized carbons (Fsp3) is 0.500. The highest BCUT2D eigenvalue weighted by atomic mass is 32.2. The van der Waals surface area contributed by atoms with Gasteiger partial charge in [0.25, 0.3) is 0 Å². The third-order valence-corrected chi connectivity index (χ3v) is 8.86. The third kappa shape index (κ3) is 4.86. The molecular formula is C28H32O6S. The van der Waals surface area contributed by atoms with E-state index in [2.05, 4.69) is 0 Å². The Bertz CT molecular complexity index is 1080. The molecule has 0 saturated heterocycles. The zero-order valence-electron chi connectivity index (χ0n) is 20.2. The van der Waals surface area contributed by atoms with E-state index in [1.54, 1.807) is 31.4 Å². The molecule has 35 heavy (non-hydrogen) atoms. The molecule has 1 N–H and O–H groups in total. The number of benzene rings is 2. The first-order valence-corrected chi connectivity index (χ1v) is 13.2. The topological polar surface area (TPSA) is 82.1 Å². The molecule has 2 aromatic carbocycles. The third-order valence-electron chi connectivity index (χ3n) is 7.86. The number of methoxy groups -OCH3 is 1. The highest BCUT2D eigenvalue weighted by Gasteiger charge is 2.52. The number of hydrogen-bond acceptors (Lipinski definition) is 6. The van der Waals surface area contributed by atoms with E-state index >= 15 is 0 Å². The van der Waals surface area contributed by atoms with Crippen molar-refractivity contribution in [2.75, 3.05) is 13.7 Å². The summed E-state index contributed by atoms with van der Waals surface area (Å²) in [6, 6.07) is 12.2. The van der Waals surface area contributed by atoms with E-state index in [1.807, 2.05) is 19.1 Å². The van der Waals surface area contributed by atoms with Crippen molar-refractivity contribution in [1.29, 1.82) is 0 Å². The lowest BCUT2D eigenvalue weighted by Crippen LogP contribution is -2.48. The van der Waals surface area contributed by atoms with Gasteiger partial charge in [0.2, 0.25) is 5.12 Å². The summed E-state index contributed by atoms with van der Waals surface area (Å²) in [4.78, 5) is 25.4. The van der Waals surface area contributed by atoms with Gasteiger partial charge in [0.05, 0.1) is 12.2 Å². The van der Waals surface area contributed by atoms with E-state index < -0.39 is 12.4 Å². The van der Waals surface area contributed by atoms with Crippen LogP contribution in [0.25, 0.3) is 0 Å². The minimum atomic E-state index is -1.04. The molecule has 1 unspecified atom stereocenters. The van der Waals surface area contributed by atoms with Crippen LogP contribution in [0, 0.1) is 17.8 Å². The molecule has 1 atom stereocenters. The van der Waals surface area contributed by atoms with E-state index in [-0.39, 0.29) is 16.1 Å². The number of carbonyl (C=O) groups excluding carboxylic acids is 1. The van der Waals surface area contributed by atoms with Crippen molar-refractivity contribution in [2.45, 2.75) is 62.2 Å². The van der Waals surface area contributed by atoms with Crippen LogP contribution < -0.4 is 4.74 Å². The van der Waals surface area contributed by atoms with Gasteiger partial charge >= 0.3 is 12.4 Å². The number of carboxylic acid groups (broad SMARTS) is 1. The van der Waals surface area contributed by atoms with Crippen LogP contribution in [0.2, 0.25) is 0 Å². The van der Waals surface area contributed by atoms with Crippen LogP contribution in [-0.4, -0.2) is 36.4 Å².